The fourth-order valence-electron chi connectivity index (χ4n) is 2.85. The van der Waals surface area contributed by atoms with Gasteiger partial charge in [-0.25, -0.2) is 0 Å². The van der Waals surface area contributed by atoms with Crippen molar-refractivity contribution in [2.75, 3.05) is 19.6 Å². The van der Waals surface area contributed by atoms with Crippen molar-refractivity contribution in [3.8, 4) is 0 Å². The van der Waals surface area contributed by atoms with Gasteiger partial charge in [0.2, 0.25) is 0 Å². The van der Waals surface area contributed by atoms with Crippen molar-refractivity contribution in [3.05, 3.63) is 0 Å². The highest BCUT2D eigenvalue weighted by Crippen LogP contribution is 2.24. The molecule has 2 heteroatoms. The largest absolute Gasteiger partial charge is 0.315 e. The topological polar surface area (TPSA) is 24.1 Å². The van der Waals surface area contributed by atoms with Gasteiger partial charge in [0, 0.05) is 12.6 Å². The highest BCUT2D eigenvalue weighted by atomic mass is 15.0. The van der Waals surface area contributed by atoms with Crippen LogP contribution in [0.1, 0.15) is 65.7 Å². The maximum absolute atomic E-state index is 3.66. The predicted octanol–water partition coefficient (Wildman–Crippen LogP) is 3.57. The monoisotopic (exact) mass is 254 g/mol. The summed E-state index contributed by atoms with van der Waals surface area (Å²) in [6.07, 6.45) is 10.2. The Hall–Kier alpha value is -0.0800. The first-order valence-corrected chi connectivity index (χ1v) is 8.12. The molecule has 0 amide bonds. The van der Waals surface area contributed by atoms with E-state index in [9.17, 15) is 0 Å². The fourth-order valence-corrected chi connectivity index (χ4v) is 2.85. The standard InChI is InChI=1S/C16H34N2/c1-14(2)12-17-13-15(3)18-11-10-16-8-6-4-5-7-9-16/h14-18H,4-13H2,1-3H3. The summed E-state index contributed by atoms with van der Waals surface area (Å²) in [5, 5.41) is 7.18. The van der Waals surface area contributed by atoms with Crippen LogP contribution in [0.15, 0.2) is 0 Å². The Morgan fingerprint density at radius 2 is 1.61 bits per heavy atom. The molecule has 0 radical (unpaired) electrons. The first-order chi connectivity index (χ1) is 8.68. The molecule has 2 nitrogen and oxygen atoms in total. The molecule has 1 fully saturated rings. The Balaban J connectivity index is 1.98. The summed E-state index contributed by atoms with van der Waals surface area (Å²) in [6, 6.07) is 0.606. The molecule has 108 valence electrons. The molecule has 0 saturated heterocycles. The summed E-state index contributed by atoms with van der Waals surface area (Å²) < 4.78 is 0. The van der Waals surface area contributed by atoms with Crippen LogP contribution in [0.5, 0.6) is 0 Å². The van der Waals surface area contributed by atoms with E-state index in [-0.39, 0.29) is 0 Å². The molecule has 1 saturated carbocycles. The summed E-state index contributed by atoms with van der Waals surface area (Å²) in [5.74, 6) is 1.75. The maximum atomic E-state index is 3.66. The Bertz CT molecular complexity index is 184. The summed E-state index contributed by atoms with van der Waals surface area (Å²) in [4.78, 5) is 0. The normalized spacial score (nSPS) is 20.0. The highest BCUT2D eigenvalue weighted by molar-refractivity contribution is 4.69. The lowest BCUT2D eigenvalue weighted by atomic mass is 9.96. The van der Waals surface area contributed by atoms with Crippen LogP contribution in [0.2, 0.25) is 0 Å². The van der Waals surface area contributed by atoms with Gasteiger partial charge >= 0.3 is 0 Å². The molecule has 1 aliphatic carbocycles. The Labute approximate surface area is 114 Å². The summed E-state index contributed by atoms with van der Waals surface area (Å²) >= 11 is 0. The number of nitrogens with one attached hydrogen (secondary N) is 2. The number of rotatable bonds is 8. The van der Waals surface area contributed by atoms with Gasteiger partial charge in [0.15, 0.2) is 0 Å². The minimum atomic E-state index is 0.606. The van der Waals surface area contributed by atoms with E-state index in [4.69, 9.17) is 0 Å². The van der Waals surface area contributed by atoms with Crippen molar-refractivity contribution < 1.29 is 0 Å². The third-order valence-corrected chi connectivity index (χ3v) is 4.02. The van der Waals surface area contributed by atoms with Crippen molar-refractivity contribution in [2.45, 2.75) is 71.8 Å². The summed E-state index contributed by atoms with van der Waals surface area (Å²) in [6.45, 7) is 10.3. The van der Waals surface area contributed by atoms with Gasteiger partial charge < -0.3 is 10.6 Å². The zero-order valence-electron chi connectivity index (χ0n) is 12.8. The van der Waals surface area contributed by atoms with Gasteiger partial charge in [-0.2, -0.15) is 0 Å². The molecule has 0 aromatic carbocycles. The SMILES string of the molecule is CC(C)CNCC(C)NCCC1CCCCCC1. The van der Waals surface area contributed by atoms with E-state index in [1.165, 1.54) is 51.5 Å². The second kappa shape index (κ2) is 9.80. The molecule has 1 rings (SSSR count). The van der Waals surface area contributed by atoms with E-state index in [0.717, 1.165) is 24.9 Å². The fraction of sp³-hybridized carbons (Fsp3) is 1.00. The molecule has 0 aromatic rings. The van der Waals surface area contributed by atoms with E-state index in [2.05, 4.69) is 31.4 Å². The van der Waals surface area contributed by atoms with Gasteiger partial charge in [0.1, 0.15) is 0 Å². The summed E-state index contributed by atoms with van der Waals surface area (Å²) in [7, 11) is 0. The Kier molecular flexibility index (Phi) is 8.70. The summed E-state index contributed by atoms with van der Waals surface area (Å²) in [5.41, 5.74) is 0. The van der Waals surface area contributed by atoms with Crippen LogP contribution in [-0.4, -0.2) is 25.7 Å². The van der Waals surface area contributed by atoms with E-state index in [1.807, 2.05) is 0 Å². The zero-order chi connectivity index (χ0) is 13.2. The predicted molar refractivity (Wildman–Crippen MR) is 81.0 cm³/mol. The van der Waals surface area contributed by atoms with Gasteiger partial charge in [-0.05, 0) is 38.3 Å². The quantitative estimate of drug-likeness (QED) is 0.647. The maximum Gasteiger partial charge on any atom is 0.0164 e. The molecule has 0 bridgehead atoms. The van der Waals surface area contributed by atoms with E-state index >= 15 is 0 Å². The molecule has 0 heterocycles. The molecular formula is C16H34N2. The molecule has 0 spiro atoms. The second-order valence-corrected chi connectivity index (χ2v) is 6.55. The third kappa shape index (κ3) is 8.10. The van der Waals surface area contributed by atoms with E-state index in [0.29, 0.717) is 6.04 Å². The van der Waals surface area contributed by atoms with Gasteiger partial charge in [-0.1, -0.05) is 52.4 Å². The van der Waals surface area contributed by atoms with Crippen LogP contribution in [-0.2, 0) is 0 Å². The molecule has 0 aromatic heterocycles. The minimum Gasteiger partial charge on any atom is -0.315 e. The van der Waals surface area contributed by atoms with Crippen LogP contribution in [0.3, 0.4) is 0 Å². The molecule has 18 heavy (non-hydrogen) atoms. The molecule has 0 aliphatic heterocycles. The van der Waals surface area contributed by atoms with Crippen molar-refractivity contribution >= 4 is 0 Å². The molecule has 1 aliphatic rings. The highest BCUT2D eigenvalue weighted by Gasteiger charge is 2.12. The number of hydrogen-bond acceptors (Lipinski definition) is 2. The van der Waals surface area contributed by atoms with E-state index in [1.54, 1.807) is 0 Å². The minimum absolute atomic E-state index is 0.606. The lowest BCUT2D eigenvalue weighted by Crippen LogP contribution is -2.38. The molecule has 2 N–H and O–H groups in total. The first kappa shape index (κ1) is 16.0. The van der Waals surface area contributed by atoms with Gasteiger partial charge in [-0.3, -0.25) is 0 Å². The van der Waals surface area contributed by atoms with Crippen molar-refractivity contribution in [3.63, 3.8) is 0 Å². The average molecular weight is 254 g/mol. The average Bonchev–Trinajstić information content (AvgIpc) is 2.57. The molecule has 1 unspecified atom stereocenters. The Morgan fingerprint density at radius 3 is 2.22 bits per heavy atom. The van der Waals surface area contributed by atoms with Gasteiger partial charge in [0.05, 0.1) is 0 Å². The zero-order valence-corrected chi connectivity index (χ0v) is 12.8. The molecular weight excluding hydrogens is 220 g/mol. The first-order valence-electron chi connectivity index (χ1n) is 8.12. The Morgan fingerprint density at radius 1 is 0.944 bits per heavy atom. The van der Waals surface area contributed by atoms with Crippen LogP contribution in [0.25, 0.3) is 0 Å². The van der Waals surface area contributed by atoms with Crippen LogP contribution < -0.4 is 10.6 Å². The van der Waals surface area contributed by atoms with Crippen molar-refractivity contribution in [1.29, 1.82) is 0 Å². The van der Waals surface area contributed by atoms with Crippen LogP contribution >= 0.6 is 0 Å². The smallest absolute Gasteiger partial charge is 0.0164 e. The van der Waals surface area contributed by atoms with Crippen LogP contribution in [0, 0.1) is 11.8 Å². The van der Waals surface area contributed by atoms with Crippen molar-refractivity contribution in [1.82, 2.24) is 10.6 Å². The van der Waals surface area contributed by atoms with Crippen LogP contribution in [0.4, 0.5) is 0 Å². The third-order valence-electron chi connectivity index (χ3n) is 4.02. The van der Waals surface area contributed by atoms with E-state index < -0.39 is 0 Å². The van der Waals surface area contributed by atoms with Crippen molar-refractivity contribution in [2.24, 2.45) is 11.8 Å². The lowest BCUT2D eigenvalue weighted by Gasteiger charge is -2.18. The van der Waals surface area contributed by atoms with Gasteiger partial charge in [-0.15, -0.1) is 0 Å². The number of hydrogen-bond donors (Lipinski definition) is 2. The molecule has 1 atom stereocenters. The lowest BCUT2D eigenvalue weighted by molar-refractivity contribution is 0.394. The van der Waals surface area contributed by atoms with Gasteiger partial charge in [0.25, 0.3) is 0 Å². The second-order valence-electron chi connectivity index (χ2n) is 6.55.